The Morgan fingerprint density at radius 3 is 3.17 bits per heavy atom. The predicted molar refractivity (Wildman–Crippen MR) is 69.0 cm³/mol. The fraction of sp³-hybridized carbons (Fsp3) is 0.417. The SMILES string of the molecule is O=C(NCC1COCCN1)c1cc(F)ccc1Br. The van der Waals surface area contributed by atoms with Gasteiger partial charge in [-0.15, -0.1) is 0 Å². The number of rotatable bonds is 3. The van der Waals surface area contributed by atoms with E-state index in [0.717, 1.165) is 6.54 Å². The van der Waals surface area contributed by atoms with Crippen LogP contribution < -0.4 is 10.6 Å². The van der Waals surface area contributed by atoms with Gasteiger partial charge in [0.25, 0.3) is 5.91 Å². The summed E-state index contributed by atoms with van der Waals surface area (Å²) in [5.74, 6) is -0.726. The molecule has 98 valence electrons. The number of ether oxygens (including phenoxy) is 1. The van der Waals surface area contributed by atoms with Crippen LogP contribution in [0.15, 0.2) is 22.7 Å². The number of hydrogen-bond donors (Lipinski definition) is 2. The highest BCUT2D eigenvalue weighted by Crippen LogP contribution is 2.17. The molecule has 1 aromatic rings. The standard InChI is InChI=1S/C12H14BrFN2O2/c13-11-2-1-8(14)5-10(11)12(17)16-6-9-7-18-4-3-15-9/h1-2,5,9,15H,3-4,6-7H2,(H,16,17). The summed E-state index contributed by atoms with van der Waals surface area (Å²) in [6, 6.07) is 4.14. The second kappa shape index (κ2) is 6.26. The van der Waals surface area contributed by atoms with Crippen molar-refractivity contribution in [2.75, 3.05) is 26.3 Å². The van der Waals surface area contributed by atoms with Gasteiger partial charge in [-0.3, -0.25) is 4.79 Å². The predicted octanol–water partition coefficient (Wildman–Crippen LogP) is 1.31. The number of carbonyl (C=O) groups is 1. The number of halogens is 2. The van der Waals surface area contributed by atoms with Gasteiger partial charge in [-0.1, -0.05) is 0 Å². The van der Waals surface area contributed by atoms with Crippen molar-refractivity contribution >= 4 is 21.8 Å². The first-order valence-electron chi connectivity index (χ1n) is 5.71. The summed E-state index contributed by atoms with van der Waals surface area (Å²) in [7, 11) is 0. The van der Waals surface area contributed by atoms with Gasteiger partial charge in [0.1, 0.15) is 5.82 Å². The molecule has 2 rings (SSSR count). The number of carbonyl (C=O) groups excluding carboxylic acids is 1. The summed E-state index contributed by atoms with van der Waals surface area (Å²) in [4.78, 5) is 11.9. The van der Waals surface area contributed by atoms with E-state index in [1.807, 2.05) is 0 Å². The maximum Gasteiger partial charge on any atom is 0.252 e. The van der Waals surface area contributed by atoms with E-state index in [1.54, 1.807) is 0 Å². The molecule has 1 atom stereocenters. The summed E-state index contributed by atoms with van der Waals surface area (Å²) in [6.07, 6.45) is 0. The molecule has 0 spiro atoms. The van der Waals surface area contributed by atoms with Crippen LogP contribution in [-0.4, -0.2) is 38.3 Å². The van der Waals surface area contributed by atoms with Crippen molar-refractivity contribution in [1.29, 1.82) is 0 Å². The lowest BCUT2D eigenvalue weighted by Crippen LogP contribution is -2.48. The molecule has 0 saturated carbocycles. The molecule has 4 nitrogen and oxygen atoms in total. The van der Waals surface area contributed by atoms with E-state index >= 15 is 0 Å². The average molecular weight is 317 g/mol. The van der Waals surface area contributed by atoms with E-state index < -0.39 is 5.82 Å². The van der Waals surface area contributed by atoms with Gasteiger partial charge in [0, 0.05) is 23.6 Å². The second-order valence-electron chi connectivity index (χ2n) is 4.06. The fourth-order valence-electron chi connectivity index (χ4n) is 1.73. The highest BCUT2D eigenvalue weighted by molar-refractivity contribution is 9.10. The minimum atomic E-state index is -0.428. The molecule has 0 aromatic heterocycles. The molecule has 2 N–H and O–H groups in total. The first kappa shape index (κ1) is 13.5. The van der Waals surface area contributed by atoms with E-state index in [9.17, 15) is 9.18 Å². The Morgan fingerprint density at radius 2 is 2.44 bits per heavy atom. The van der Waals surface area contributed by atoms with Gasteiger partial charge in [0.15, 0.2) is 0 Å². The van der Waals surface area contributed by atoms with Gasteiger partial charge in [0.05, 0.1) is 18.8 Å². The van der Waals surface area contributed by atoms with Crippen molar-refractivity contribution in [2.45, 2.75) is 6.04 Å². The van der Waals surface area contributed by atoms with Crippen LogP contribution >= 0.6 is 15.9 Å². The van der Waals surface area contributed by atoms with Crippen molar-refractivity contribution in [3.05, 3.63) is 34.1 Å². The van der Waals surface area contributed by atoms with Crippen molar-refractivity contribution in [1.82, 2.24) is 10.6 Å². The Labute approximate surface area is 113 Å². The maximum absolute atomic E-state index is 13.1. The van der Waals surface area contributed by atoms with Crippen molar-refractivity contribution in [3.63, 3.8) is 0 Å². The summed E-state index contributed by atoms with van der Waals surface area (Å²) >= 11 is 3.23. The summed E-state index contributed by atoms with van der Waals surface area (Å²) in [6.45, 7) is 2.51. The fourth-order valence-corrected chi connectivity index (χ4v) is 2.16. The minimum Gasteiger partial charge on any atom is -0.378 e. The van der Waals surface area contributed by atoms with Crippen LogP contribution in [0, 0.1) is 5.82 Å². The van der Waals surface area contributed by atoms with Crippen LogP contribution in [0.3, 0.4) is 0 Å². The van der Waals surface area contributed by atoms with E-state index in [0.29, 0.717) is 29.8 Å². The monoisotopic (exact) mass is 316 g/mol. The van der Waals surface area contributed by atoms with E-state index in [4.69, 9.17) is 4.74 Å². The third-order valence-corrected chi connectivity index (χ3v) is 3.37. The third kappa shape index (κ3) is 3.51. The van der Waals surface area contributed by atoms with Crippen molar-refractivity contribution in [2.24, 2.45) is 0 Å². The van der Waals surface area contributed by atoms with Crippen LogP contribution in [0.1, 0.15) is 10.4 Å². The smallest absolute Gasteiger partial charge is 0.252 e. The molecule has 1 fully saturated rings. The number of amides is 1. The lowest BCUT2D eigenvalue weighted by molar-refractivity contribution is 0.0734. The molecule has 1 aromatic carbocycles. The largest absolute Gasteiger partial charge is 0.378 e. The molecule has 6 heteroatoms. The average Bonchev–Trinajstić information content (AvgIpc) is 2.40. The van der Waals surface area contributed by atoms with Crippen LogP contribution in [0.2, 0.25) is 0 Å². The molecule has 1 saturated heterocycles. The lowest BCUT2D eigenvalue weighted by Gasteiger charge is -2.24. The van der Waals surface area contributed by atoms with Crippen LogP contribution in [-0.2, 0) is 4.74 Å². The zero-order valence-electron chi connectivity index (χ0n) is 9.71. The van der Waals surface area contributed by atoms with Crippen LogP contribution in [0.25, 0.3) is 0 Å². The number of morpholine rings is 1. The molecule has 18 heavy (non-hydrogen) atoms. The topological polar surface area (TPSA) is 50.4 Å². The van der Waals surface area contributed by atoms with Crippen LogP contribution in [0.5, 0.6) is 0 Å². The molecule has 1 amide bonds. The molecule has 1 aliphatic rings. The zero-order chi connectivity index (χ0) is 13.0. The molecule has 1 unspecified atom stereocenters. The molecule has 1 heterocycles. The Balaban J connectivity index is 1.92. The maximum atomic E-state index is 13.1. The zero-order valence-corrected chi connectivity index (χ0v) is 11.3. The second-order valence-corrected chi connectivity index (χ2v) is 4.91. The molecular formula is C12H14BrFN2O2. The Bertz CT molecular complexity index is 436. The Hall–Kier alpha value is -0.980. The molecular weight excluding hydrogens is 303 g/mol. The van der Waals surface area contributed by atoms with Gasteiger partial charge in [-0.05, 0) is 34.1 Å². The molecule has 1 aliphatic heterocycles. The number of nitrogens with one attached hydrogen (secondary N) is 2. The van der Waals surface area contributed by atoms with Crippen molar-refractivity contribution in [3.8, 4) is 0 Å². The van der Waals surface area contributed by atoms with Crippen LogP contribution in [0.4, 0.5) is 4.39 Å². The first-order chi connectivity index (χ1) is 8.66. The normalized spacial score (nSPS) is 19.6. The third-order valence-electron chi connectivity index (χ3n) is 2.68. The Kier molecular flexibility index (Phi) is 4.68. The number of benzene rings is 1. The Morgan fingerprint density at radius 1 is 1.61 bits per heavy atom. The van der Waals surface area contributed by atoms with E-state index in [-0.39, 0.29) is 11.9 Å². The highest BCUT2D eigenvalue weighted by Gasteiger charge is 2.16. The van der Waals surface area contributed by atoms with Gasteiger partial charge in [0.2, 0.25) is 0 Å². The van der Waals surface area contributed by atoms with Gasteiger partial charge >= 0.3 is 0 Å². The molecule has 0 aliphatic carbocycles. The van der Waals surface area contributed by atoms with E-state index in [2.05, 4.69) is 26.6 Å². The van der Waals surface area contributed by atoms with E-state index in [1.165, 1.54) is 18.2 Å². The minimum absolute atomic E-state index is 0.107. The lowest BCUT2D eigenvalue weighted by atomic mass is 10.2. The van der Waals surface area contributed by atoms with Gasteiger partial charge in [-0.25, -0.2) is 4.39 Å². The van der Waals surface area contributed by atoms with Gasteiger partial charge in [-0.2, -0.15) is 0 Å². The number of hydrogen-bond acceptors (Lipinski definition) is 3. The summed E-state index contributed by atoms with van der Waals surface area (Å²) < 4.78 is 18.9. The molecule has 0 bridgehead atoms. The van der Waals surface area contributed by atoms with Gasteiger partial charge < -0.3 is 15.4 Å². The summed E-state index contributed by atoms with van der Waals surface area (Å²) in [5, 5.41) is 5.99. The quantitative estimate of drug-likeness (QED) is 0.884. The summed E-state index contributed by atoms with van der Waals surface area (Å²) in [5.41, 5.74) is 0.298. The molecule has 0 radical (unpaired) electrons. The highest BCUT2D eigenvalue weighted by atomic mass is 79.9. The van der Waals surface area contributed by atoms with Crippen molar-refractivity contribution < 1.29 is 13.9 Å². The first-order valence-corrected chi connectivity index (χ1v) is 6.50.